The molecule has 0 aromatic carbocycles. The first-order chi connectivity index (χ1) is 7.75. The summed E-state index contributed by atoms with van der Waals surface area (Å²) in [6.07, 6.45) is -3.67. The minimum Gasteiger partial charge on any atom is -0.469 e. The van der Waals surface area contributed by atoms with E-state index in [1.54, 1.807) is 6.92 Å². The van der Waals surface area contributed by atoms with E-state index < -0.39 is 24.2 Å². The summed E-state index contributed by atoms with van der Waals surface area (Å²) < 4.78 is 44.3. The highest BCUT2D eigenvalue weighted by atomic mass is 19.4. The minimum atomic E-state index is -4.32. The molecule has 102 valence electrons. The van der Waals surface area contributed by atoms with E-state index in [1.165, 1.54) is 7.11 Å². The van der Waals surface area contributed by atoms with E-state index in [4.69, 9.17) is 5.73 Å². The number of hydrogen-bond donors (Lipinski definition) is 1. The van der Waals surface area contributed by atoms with Crippen molar-refractivity contribution in [1.29, 1.82) is 0 Å². The van der Waals surface area contributed by atoms with Crippen LogP contribution in [0.2, 0.25) is 0 Å². The molecule has 0 aliphatic carbocycles. The number of esters is 1. The van der Waals surface area contributed by atoms with Gasteiger partial charge in [0.05, 0.1) is 12.5 Å². The highest BCUT2D eigenvalue weighted by Crippen LogP contribution is 2.23. The zero-order chi connectivity index (χ0) is 13.5. The average molecular weight is 257 g/mol. The lowest BCUT2D eigenvalue weighted by Crippen LogP contribution is -2.37. The molecular weight excluding hydrogens is 239 g/mol. The third kappa shape index (κ3) is 6.48. The Kier molecular flexibility index (Phi) is 6.48. The molecule has 0 saturated heterocycles. The maximum Gasteiger partial charge on any atom is 0.411 e. The van der Waals surface area contributed by atoms with Gasteiger partial charge in [-0.15, -0.1) is 0 Å². The Bertz CT molecular complexity index is 245. The summed E-state index contributed by atoms with van der Waals surface area (Å²) >= 11 is 0. The Morgan fingerprint density at radius 3 is 2.35 bits per heavy atom. The molecule has 0 heterocycles. The van der Waals surface area contributed by atoms with E-state index >= 15 is 0 Å². The fourth-order valence-electron chi connectivity index (χ4n) is 1.29. The number of carbonyl (C=O) groups is 1. The van der Waals surface area contributed by atoms with Crippen LogP contribution >= 0.6 is 0 Å². The number of methoxy groups -OCH3 is 1. The van der Waals surface area contributed by atoms with Crippen molar-refractivity contribution in [3.8, 4) is 0 Å². The maximum atomic E-state index is 11.7. The van der Waals surface area contributed by atoms with E-state index in [-0.39, 0.29) is 13.2 Å². The molecule has 1 unspecified atom stereocenters. The van der Waals surface area contributed by atoms with Crippen molar-refractivity contribution < 1.29 is 27.4 Å². The highest BCUT2D eigenvalue weighted by Gasteiger charge is 2.32. The molecule has 2 N–H and O–H groups in total. The van der Waals surface area contributed by atoms with Gasteiger partial charge in [-0.3, -0.25) is 4.79 Å². The summed E-state index contributed by atoms with van der Waals surface area (Å²) in [5.41, 5.74) is 4.58. The van der Waals surface area contributed by atoms with E-state index in [2.05, 4.69) is 9.47 Å². The lowest BCUT2D eigenvalue weighted by atomic mass is 9.86. The van der Waals surface area contributed by atoms with Gasteiger partial charge in [0, 0.05) is 13.2 Å². The SMILES string of the molecule is COC(=O)C(C)(CN)CCCOCC(F)(F)F. The van der Waals surface area contributed by atoms with Gasteiger partial charge in [0.15, 0.2) is 0 Å². The molecule has 0 spiro atoms. The van der Waals surface area contributed by atoms with Gasteiger partial charge in [-0.05, 0) is 19.8 Å². The van der Waals surface area contributed by atoms with E-state index in [0.29, 0.717) is 12.8 Å². The Morgan fingerprint density at radius 2 is 1.94 bits per heavy atom. The molecule has 0 aliphatic heterocycles. The van der Waals surface area contributed by atoms with Gasteiger partial charge >= 0.3 is 12.1 Å². The number of rotatable bonds is 7. The molecule has 0 aromatic heterocycles. The van der Waals surface area contributed by atoms with Gasteiger partial charge in [0.2, 0.25) is 0 Å². The summed E-state index contributed by atoms with van der Waals surface area (Å²) in [4.78, 5) is 11.4. The van der Waals surface area contributed by atoms with Gasteiger partial charge in [-0.2, -0.15) is 13.2 Å². The number of carbonyl (C=O) groups excluding carboxylic acids is 1. The number of ether oxygens (including phenoxy) is 2. The van der Waals surface area contributed by atoms with Crippen LogP contribution in [0.25, 0.3) is 0 Å². The first-order valence-corrected chi connectivity index (χ1v) is 5.18. The van der Waals surface area contributed by atoms with Crippen LogP contribution in [0.15, 0.2) is 0 Å². The number of nitrogens with two attached hydrogens (primary N) is 1. The number of halogens is 3. The molecule has 4 nitrogen and oxygen atoms in total. The Morgan fingerprint density at radius 1 is 1.35 bits per heavy atom. The van der Waals surface area contributed by atoms with Crippen molar-refractivity contribution in [3.63, 3.8) is 0 Å². The number of hydrogen-bond acceptors (Lipinski definition) is 4. The van der Waals surface area contributed by atoms with E-state index in [0.717, 1.165) is 0 Å². The summed E-state index contributed by atoms with van der Waals surface area (Å²) in [5.74, 6) is -0.462. The Hall–Kier alpha value is -0.820. The third-order valence-electron chi connectivity index (χ3n) is 2.41. The first kappa shape index (κ1) is 16.2. The molecule has 0 aliphatic rings. The minimum absolute atomic E-state index is 0.0634. The quantitative estimate of drug-likeness (QED) is 0.554. The molecule has 0 saturated carbocycles. The van der Waals surface area contributed by atoms with Crippen LogP contribution in [0.4, 0.5) is 13.2 Å². The molecular formula is C10H18F3NO3. The van der Waals surface area contributed by atoms with Crippen LogP contribution in [0, 0.1) is 5.41 Å². The van der Waals surface area contributed by atoms with E-state index in [9.17, 15) is 18.0 Å². The zero-order valence-corrected chi connectivity index (χ0v) is 9.97. The summed E-state index contributed by atoms with van der Waals surface area (Å²) in [5, 5.41) is 0. The standard InChI is InChI=1S/C10H18F3NO3/c1-9(6-14,8(15)16-2)4-3-5-17-7-10(11,12)13/h3-7,14H2,1-2H3. The maximum absolute atomic E-state index is 11.7. The molecule has 0 radical (unpaired) electrons. The van der Waals surface area contributed by atoms with Crippen LogP contribution in [0.5, 0.6) is 0 Å². The first-order valence-electron chi connectivity index (χ1n) is 5.18. The molecule has 0 rings (SSSR count). The molecule has 0 bridgehead atoms. The van der Waals surface area contributed by atoms with Gasteiger partial charge in [-0.25, -0.2) is 0 Å². The molecule has 1 atom stereocenters. The van der Waals surface area contributed by atoms with Gasteiger partial charge in [0.1, 0.15) is 6.61 Å². The molecule has 17 heavy (non-hydrogen) atoms. The van der Waals surface area contributed by atoms with Crippen molar-refractivity contribution in [2.75, 3.05) is 26.9 Å². The smallest absolute Gasteiger partial charge is 0.411 e. The second kappa shape index (κ2) is 6.80. The van der Waals surface area contributed by atoms with Gasteiger partial charge in [-0.1, -0.05) is 0 Å². The lowest BCUT2D eigenvalue weighted by Gasteiger charge is -2.24. The number of alkyl halides is 3. The van der Waals surface area contributed by atoms with Crippen LogP contribution in [0.1, 0.15) is 19.8 Å². The lowest BCUT2D eigenvalue weighted by molar-refractivity contribution is -0.174. The Labute approximate surface area is 98.2 Å². The summed E-state index contributed by atoms with van der Waals surface area (Å²) in [6, 6.07) is 0. The molecule has 7 heteroatoms. The molecule has 0 aromatic rings. The Balaban J connectivity index is 3.89. The van der Waals surface area contributed by atoms with Gasteiger partial charge < -0.3 is 15.2 Å². The second-order valence-electron chi connectivity index (χ2n) is 4.03. The average Bonchev–Trinajstić information content (AvgIpc) is 2.25. The second-order valence-corrected chi connectivity index (χ2v) is 4.03. The predicted octanol–water partition coefficient (Wildman–Crippen LogP) is 1.48. The topological polar surface area (TPSA) is 61.5 Å². The molecule has 0 fully saturated rings. The van der Waals surface area contributed by atoms with Crippen LogP contribution < -0.4 is 5.73 Å². The zero-order valence-electron chi connectivity index (χ0n) is 9.97. The third-order valence-corrected chi connectivity index (χ3v) is 2.41. The van der Waals surface area contributed by atoms with Gasteiger partial charge in [0.25, 0.3) is 0 Å². The van der Waals surface area contributed by atoms with Crippen molar-refractivity contribution in [2.45, 2.75) is 25.9 Å². The van der Waals surface area contributed by atoms with Crippen molar-refractivity contribution >= 4 is 5.97 Å². The largest absolute Gasteiger partial charge is 0.469 e. The summed E-state index contributed by atoms with van der Waals surface area (Å²) in [7, 11) is 1.25. The molecule has 0 amide bonds. The van der Waals surface area contributed by atoms with Crippen molar-refractivity contribution in [1.82, 2.24) is 0 Å². The fraction of sp³-hybridized carbons (Fsp3) is 0.900. The monoisotopic (exact) mass is 257 g/mol. The van der Waals surface area contributed by atoms with Crippen LogP contribution in [-0.2, 0) is 14.3 Å². The van der Waals surface area contributed by atoms with Crippen molar-refractivity contribution in [2.24, 2.45) is 11.1 Å². The highest BCUT2D eigenvalue weighted by molar-refractivity contribution is 5.76. The van der Waals surface area contributed by atoms with E-state index in [1.807, 2.05) is 0 Å². The summed E-state index contributed by atoms with van der Waals surface area (Å²) in [6.45, 7) is 0.359. The van der Waals surface area contributed by atoms with Crippen molar-refractivity contribution in [3.05, 3.63) is 0 Å². The normalized spacial score (nSPS) is 15.4. The van der Waals surface area contributed by atoms with Crippen LogP contribution in [0.3, 0.4) is 0 Å². The fourth-order valence-corrected chi connectivity index (χ4v) is 1.29. The predicted molar refractivity (Wildman–Crippen MR) is 55.3 cm³/mol. The van der Waals surface area contributed by atoms with Crippen LogP contribution in [-0.4, -0.2) is 39.0 Å².